The van der Waals surface area contributed by atoms with Gasteiger partial charge in [-0.15, -0.1) is 23.2 Å². The molecule has 8 heteroatoms. The van der Waals surface area contributed by atoms with Gasteiger partial charge < -0.3 is 9.05 Å². The van der Waals surface area contributed by atoms with Crippen LogP contribution in [0.15, 0.2) is 0 Å². The van der Waals surface area contributed by atoms with Crippen LogP contribution in [0.2, 0.25) is 0 Å². The normalized spacial score (nSPS) is 12.4. The van der Waals surface area contributed by atoms with Crippen LogP contribution in [0.4, 0.5) is 0 Å². The second-order valence-electron chi connectivity index (χ2n) is 1.86. The van der Waals surface area contributed by atoms with Gasteiger partial charge in [-0.2, -0.15) is 0 Å². The lowest BCUT2D eigenvalue weighted by molar-refractivity contribution is 0.224. The Labute approximate surface area is 97.1 Å². The molecule has 0 rings (SSSR count). The lowest BCUT2D eigenvalue weighted by Crippen LogP contribution is -2.05. The van der Waals surface area contributed by atoms with Gasteiger partial charge >= 0.3 is 7.60 Å². The lowest BCUT2D eigenvalue weighted by Gasteiger charge is -2.17. The van der Waals surface area contributed by atoms with E-state index in [1.54, 1.807) is 0 Å². The van der Waals surface area contributed by atoms with Crippen molar-refractivity contribution in [3.63, 3.8) is 0 Å². The van der Waals surface area contributed by atoms with Crippen molar-refractivity contribution in [3.8, 4) is 0 Å². The number of alkyl halides is 4. The lowest BCUT2D eigenvalue weighted by atomic mass is 10.9. The molecule has 0 heterocycles. The maximum absolute atomic E-state index is 11.6. The molecular formula is C5H9Cl4O3P. The first-order valence-corrected chi connectivity index (χ1v) is 6.91. The van der Waals surface area contributed by atoms with E-state index < -0.39 is 12.2 Å². The topological polar surface area (TPSA) is 35.5 Å². The van der Waals surface area contributed by atoms with Crippen molar-refractivity contribution in [2.75, 3.05) is 25.0 Å². The largest absolute Gasteiger partial charge is 0.363 e. The predicted octanol–water partition coefficient (Wildman–Crippen LogP) is 3.45. The van der Waals surface area contributed by atoms with Gasteiger partial charge in [-0.25, -0.2) is 0 Å². The Kier molecular flexibility index (Phi) is 8.35. The van der Waals surface area contributed by atoms with Gasteiger partial charge in [0.25, 0.3) is 0 Å². The SMILES string of the molecule is O=P(OCCCl)(OCCCl)C(Cl)Cl. The summed E-state index contributed by atoms with van der Waals surface area (Å²) in [7, 11) is -3.46. The predicted molar refractivity (Wildman–Crippen MR) is 56.4 cm³/mol. The van der Waals surface area contributed by atoms with Crippen molar-refractivity contribution in [1.82, 2.24) is 0 Å². The van der Waals surface area contributed by atoms with Gasteiger partial charge in [0.05, 0.1) is 13.2 Å². The molecule has 13 heavy (non-hydrogen) atoms. The molecule has 0 amide bonds. The highest BCUT2D eigenvalue weighted by Gasteiger charge is 2.32. The van der Waals surface area contributed by atoms with Crippen LogP contribution in [0, 0.1) is 0 Å². The fourth-order valence-electron chi connectivity index (χ4n) is 0.473. The molecule has 0 aliphatic carbocycles. The van der Waals surface area contributed by atoms with E-state index in [-0.39, 0.29) is 25.0 Å². The van der Waals surface area contributed by atoms with Gasteiger partial charge in [-0.3, -0.25) is 4.57 Å². The molecule has 0 aromatic rings. The zero-order chi connectivity index (χ0) is 10.3. The van der Waals surface area contributed by atoms with Crippen LogP contribution in [0.5, 0.6) is 0 Å². The van der Waals surface area contributed by atoms with Crippen LogP contribution < -0.4 is 0 Å². The molecule has 0 aliphatic heterocycles. The Morgan fingerprint density at radius 1 is 1.08 bits per heavy atom. The van der Waals surface area contributed by atoms with Gasteiger partial charge in [0.1, 0.15) is 0 Å². The van der Waals surface area contributed by atoms with Crippen molar-refractivity contribution >= 4 is 54.0 Å². The van der Waals surface area contributed by atoms with E-state index in [1.165, 1.54) is 0 Å². The van der Waals surface area contributed by atoms with Gasteiger partial charge in [0.2, 0.25) is 4.58 Å². The average molecular weight is 290 g/mol. The van der Waals surface area contributed by atoms with E-state index in [2.05, 4.69) is 0 Å². The summed E-state index contributed by atoms with van der Waals surface area (Å²) < 4.78 is 20.0. The molecule has 0 atom stereocenters. The fourth-order valence-corrected chi connectivity index (χ4v) is 2.51. The minimum atomic E-state index is -3.46. The fraction of sp³-hybridized carbons (Fsp3) is 1.00. The summed E-state index contributed by atoms with van der Waals surface area (Å²) in [6.45, 7) is 0.133. The van der Waals surface area contributed by atoms with Gasteiger partial charge in [-0.05, 0) is 0 Å². The minimum Gasteiger partial charge on any atom is -0.305 e. The molecule has 0 aliphatic rings. The monoisotopic (exact) mass is 288 g/mol. The van der Waals surface area contributed by atoms with E-state index in [0.29, 0.717) is 0 Å². The van der Waals surface area contributed by atoms with Crippen LogP contribution in [0.25, 0.3) is 0 Å². The average Bonchev–Trinajstić information content (AvgIpc) is 2.11. The van der Waals surface area contributed by atoms with Crippen molar-refractivity contribution in [2.45, 2.75) is 4.58 Å². The van der Waals surface area contributed by atoms with Crippen LogP contribution >= 0.6 is 54.0 Å². The van der Waals surface area contributed by atoms with E-state index in [9.17, 15) is 4.57 Å². The molecule has 0 N–H and O–H groups in total. The van der Waals surface area contributed by atoms with E-state index in [4.69, 9.17) is 55.5 Å². The van der Waals surface area contributed by atoms with Crippen molar-refractivity contribution in [3.05, 3.63) is 0 Å². The summed E-state index contributed by atoms with van der Waals surface area (Å²) in [5, 5.41) is 0. The molecule has 0 aromatic carbocycles. The third-order valence-corrected chi connectivity index (χ3v) is 4.24. The summed E-state index contributed by atoms with van der Waals surface area (Å²) in [5.74, 6) is 0.378. The second kappa shape index (κ2) is 7.58. The Bertz CT molecular complexity index is 165. The standard InChI is InChI=1S/C5H9Cl4O3P/c6-1-3-11-13(10,5(8)9)12-4-2-7/h5H,1-4H2. The Hall–Kier alpha value is 1.31. The highest BCUT2D eigenvalue weighted by atomic mass is 35.5. The van der Waals surface area contributed by atoms with Crippen molar-refractivity contribution in [1.29, 1.82) is 0 Å². The molecule has 0 spiro atoms. The summed E-state index contributed by atoms with van der Waals surface area (Å²) >= 11 is 21.5. The molecule has 0 radical (unpaired) electrons. The van der Waals surface area contributed by atoms with Gasteiger partial charge in [0.15, 0.2) is 0 Å². The van der Waals surface area contributed by atoms with Gasteiger partial charge in [0, 0.05) is 11.8 Å². The molecule has 3 nitrogen and oxygen atoms in total. The Balaban J connectivity index is 4.09. The number of rotatable bonds is 7. The summed E-state index contributed by atoms with van der Waals surface area (Å²) in [6.07, 6.45) is 0. The Morgan fingerprint density at radius 3 is 1.69 bits per heavy atom. The maximum Gasteiger partial charge on any atom is 0.363 e. The molecule has 0 saturated heterocycles. The quantitative estimate of drug-likeness (QED) is 0.532. The first-order valence-electron chi connectivity index (χ1n) is 3.35. The molecule has 0 aromatic heterocycles. The zero-order valence-corrected chi connectivity index (χ0v) is 10.5. The summed E-state index contributed by atoms with van der Waals surface area (Å²) in [6, 6.07) is 0. The first-order chi connectivity index (χ1) is 6.06. The number of hydrogen-bond acceptors (Lipinski definition) is 3. The highest BCUT2D eigenvalue weighted by Crippen LogP contribution is 2.56. The highest BCUT2D eigenvalue weighted by molar-refractivity contribution is 7.58. The van der Waals surface area contributed by atoms with E-state index in [1.807, 2.05) is 0 Å². The summed E-state index contributed by atoms with van der Waals surface area (Å²) in [4.78, 5) is 0. The van der Waals surface area contributed by atoms with E-state index >= 15 is 0 Å². The summed E-state index contributed by atoms with van der Waals surface area (Å²) in [5.41, 5.74) is 0. The molecule has 0 fully saturated rings. The first kappa shape index (κ1) is 14.3. The molecule has 0 saturated carbocycles. The van der Waals surface area contributed by atoms with Crippen LogP contribution in [-0.4, -0.2) is 29.6 Å². The van der Waals surface area contributed by atoms with Crippen LogP contribution in [-0.2, 0) is 13.6 Å². The van der Waals surface area contributed by atoms with Crippen LogP contribution in [0.3, 0.4) is 0 Å². The van der Waals surface area contributed by atoms with Crippen LogP contribution in [0.1, 0.15) is 0 Å². The third-order valence-electron chi connectivity index (χ3n) is 0.936. The second-order valence-corrected chi connectivity index (χ2v) is 6.44. The zero-order valence-electron chi connectivity index (χ0n) is 6.59. The smallest absolute Gasteiger partial charge is 0.305 e. The molecule has 0 bridgehead atoms. The molecule has 80 valence electrons. The molecule has 0 unspecified atom stereocenters. The van der Waals surface area contributed by atoms with Gasteiger partial charge in [-0.1, -0.05) is 23.2 Å². The number of hydrogen-bond donors (Lipinski definition) is 0. The molecular weight excluding hydrogens is 281 g/mol. The van der Waals surface area contributed by atoms with Crippen molar-refractivity contribution in [2.24, 2.45) is 0 Å². The Morgan fingerprint density at radius 2 is 1.46 bits per heavy atom. The third kappa shape index (κ3) is 5.68. The van der Waals surface area contributed by atoms with E-state index in [0.717, 1.165) is 0 Å². The minimum absolute atomic E-state index is 0.0665. The van der Waals surface area contributed by atoms with Crippen molar-refractivity contribution < 1.29 is 13.6 Å². The maximum atomic E-state index is 11.6. The number of halogens is 4.